The van der Waals surface area contributed by atoms with Gasteiger partial charge in [0.25, 0.3) is 0 Å². The molecule has 0 bridgehead atoms. The van der Waals surface area contributed by atoms with Crippen LogP contribution in [0, 0.1) is 17.2 Å². The van der Waals surface area contributed by atoms with E-state index in [0.717, 1.165) is 89.3 Å². The first-order valence-corrected chi connectivity index (χ1v) is 16.0. The van der Waals surface area contributed by atoms with E-state index < -0.39 is 0 Å². The Labute approximate surface area is 257 Å². The molecule has 1 fully saturated rings. The summed E-state index contributed by atoms with van der Waals surface area (Å²) in [5.74, 6) is 0.785. The second kappa shape index (κ2) is 15.1. The van der Waals surface area contributed by atoms with Crippen molar-refractivity contribution < 1.29 is 0 Å². The monoisotopic (exact) mass is 579 g/mol. The number of pyridine rings is 1. The Morgan fingerprint density at radius 1 is 1.23 bits per heavy atom. The predicted molar refractivity (Wildman–Crippen MR) is 180 cm³/mol. The summed E-state index contributed by atoms with van der Waals surface area (Å²) in [6, 6.07) is 10.9. The van der Waals surface area contributed by atoms with Crippen LogP contribution in [0.1, 0.15) is 99.9 Å². The Balaban J connectivity index is 0.00000207. The van der Waals surface area contributed by atoms with Gasteiger partial charge >= 0.3 is 0 Å². The summed E-state index contributed by atoms with van der Waals surface area (Å²) in [6.45, 7) is 11.3. The van der Waals surface area contributed by atoms with Crippen molar-refractivity contribution in [2.45, 2.75) is 95.9 Å². The van der Waals surface area contributed by atoms with E-state index in [2.05, 4.69) is 72.9 Å². The molecule has 0 aliphatic heterocycles. The Hall–Kier alpha value is -3.76. The number of aromatic amines is 1. The lowest BCUT2D eigenvalue weighted by atomic mass is 9.81. The number of aliphatic imine (C=N–C) groups is 1. The quantitative estimate of drug-likeness (QED) is 0.159. The fourth-order valence-electron chi connectivity index (χ4n) is 6.75. The van der Waals surface area contributed by atoms with Gasteiger partial charge in [-0.3, -0.25) is 10.1 Å². The highest BCUT2D eigenvalue weighted by Crippen LogP contribution is 2.40. The van der Waals surface area contributed by atoms with Crippen LogP contribution in [0.5, 0.6) is 0 Å². The van der Waals surface area contributed by atoms with Gasteiger partial charge in [0.15, 0.2) is 0 Å². The number of hydrogen-bond acceptors (Lipinski definition) is 6. The Morgan fingerprint density at radius 3 is 2.72 bits per heavy atom. The van der Waals surface area contributed by atoms with Gasteiger partial charge in [-0.15, -0.1) is 13.2 Å². The van der Waals surface area contributed by atoms with E-state index in [1.807, 2.05) is 13.3 Å². The normalized spacial score (nSPS) is 18.7. The fraction of sp³-hybridized carbons (Fsp3) is 0.500. The Bertz CT molecular complexity index is 1470. The van der Waals surface area contributed by atoms with Gasteiger partial charge in [-0.2, -0.15) is 10.4 Å². The van der Waals surface area contributed by atoms with Crippen LogP contribution in [0.25, 0.3) is 27.9 Å². The molecule has 7 heteroatoms. The highest BCUT2D eigenvalue weighted by atomic mass is 15.1. The third-order valence-corrected chi connectivity index (χ3v) is 9.37. The van der Waals surface area contributed by atoms with Crippen LogP contribution < -0.4 is 11.1 Å². The van der Waals surface area contributed by atoms with Crippen LogP contribution in [0.4, 0.5) is 0 Å². The average molecular weight is 580 g/mol. The molecule has 1 saturated carbocycles. The number of nitrogens with one attached hydrogen (secondary N) is 2. The van der Waals surface area contributed by atoms with E-state index in [1.165, 1.54) is 44.1 Å². The number of hydrogen-bond donors (Lipinski definition) is 3. The first-order chi connectivity index (χ1) is 21.0. The van der Waals surface area contributed by atoms with Gasteiger partial charge in [0.1, 0.15) is 11.2 Å². The van der Waals surface area contributed by atoms with E-state index in [1.54, 1.807) is 6.20 Å². The molecule has 0 amide bonds. The molecule has 0 saturated heterocycles. The Kier molecular flexibility index (Phi) is 11.3. The fourth-order valence-corrected chi connectivity index (χ4v) is 6.75. The van der Waals surface area contributed by atoms with Crippen molar-refractivity contribution in [3.8, 4) is 17.3 Å². The van der Waals surface area contributed by atoms with Gasteiger partial charge < -0.3 is 11.1 Å². The first-order valence-electron chi connectivity index (χ1n) is 16.0. The minimum absolute atomic E-state index is 0.0402. The van der Waals surface area contributed by atoms with Crippen LogP contribution in [-0.4, -0.2) is 40.5 Å². The smallest absolute Gasteiger partial charge is 0.121 e. The molecule has 4 N–H and O–H groups in total. The first kappa shape index (κ1) is 32.2. The highest BCUT2D eigenvalue weighted by molar-refractivity contribution is 6.13. The molecule has 7 nitrogen and oxygen atoms in total. The van der Waals surface area contributed by atoms with Gasteiger partial charge in [-0.05, 0) is 87.7 Å². The minimum Gasteiger partial charge on any atom is -0.404 e. The second-order valence-corrected chi connectivity index (χ2v) is 12.2. The predicted octanol–water partition coefficient (Wildman–Crippen LogP) is 7.64. The number of aromatic nitrogens is 3. The summed E-state index contributed by atoms with van der Waals surface area (Å²) in [4.78, 5) is 10.4. The van der Waals surface area contributed by atoms with E-state index in [0.29, 0.717) is 0 Å². The minimum atomic E-state index is -0.170. The molecule has 0 spiro atoms. The zero-order valence-corrected chi connectivity index (χ0v) is 26.4. The maximum absolute atomic E-state index is 9.66. The molecule has 228 valence electrons. The lowest BCUT2D eigenvalue weighted by molar-refractivity contribution is 0.289. The molecule has 2 heterocycles. The van der Waals surface area contributed by atoms with E-state index in [-0.39, 0.29) is 11.5 Å². The van der Waals surface area contributed by atoms with Crippen molar-refractivity contribution in [1.29, 1.82) is 5.26 Å². The molecule has 1 aromatic carbocycles. The summed E-state index contributed by atoms with van der Waals surface area (Å²) < 4.78 is 0. The van der Waals surface area contributed by atoms with Crippen LogP contribution in [0.2, 0.25) is 0 Å². The summed E-state index contributed by atoms with van der Waals surface area (Å²) in [6.07, 6.45) is 16.2. The van der Waals surface area contributed by atoms with Crippen molar-refractivity contribution in [1.82, 2.24) is 20.5 Å². The zero-order chi connectivity index (χ0) is 30.8. The van der Waals surface area contributed by atoms with Gasteiger partial charge in [0.05, 0.1) is 28.7 Å². The molecule has 2 aliphatic carbocycles. The van der Waals surface area contributed by atoms with Crippen molar-refractivity contribution in [3.63, 3.8) is 0 Å². The van der Waals surface area contributed by atoms with Crippen LogP contribution >= 0.6 is 0 Å². The summed E-state index contributed by atoms with van der Waals surface area (Å²) in [5.41, 5.74) is 14.9. The molecule has 2 unspecified atom stereocenters. The van der Waals surface area contributed by atoms with Crippen molar-refractivity contribution in [2.24, 2.45) is 16.6 Å². The molecular formula is C36H49N7. The number of nitrogens with zero attached hydrogens (tertiary/aromatic N) is 4. The number of rotatable bonds is 11. The van der Waals surface area contributed by atoms with E-state index >= 15 is 0 Å². The molecule has 43 heavy (non-hydrogen) atoms. The lowest BCUT2D eigenvalue weighted by Gasteiger charge is -2.29. The van der Waals surface area contributed by atoms with Crippen LogP contribution in [-0.2, 0) is 12.8 Å². The topological polar surface area (TPSA) is 116 Å². The third-order valence-electron chi connectivity index (χ3n) is 9.37. The number of H-pyrrole nitrogens is 1. The van der Waals surface area contributed by atoms with Gasteiger partial charge in [0, 0.05) is 23.6 Å². The SMILES string of the molecule is C=C.CCc1cc2[nH]nc(/C(C=NC(C)(CCNC)CCC3CCCCC3)=C/N)c2nc1-c1cccc2c1CCC2C#N. The largest absolute Gasteiger partial charge is 0.404 e. The molecule has 3 aromatic rings. The number of allylic oxidation sites excluding steroid dienone is 1. The molecule has 2 aliphatic rings. The zero-order valence-electron chi connectivity index (χ0n) is 26.4. The summed E-state index contributed by atoms with van der Waals surface area (Å²) >= 11 is 0. The number of fused-ring (bicyclic) bond motifs is 2. The number of nitriles is 1. The van der Waals surface area contributed by atoms with Gasteiger partial charge in [0.2, 0.25) is 0 Å². The van der Waals surface area contributed by atoms with Crippen molar-refractivity contribution in [2.75, 3.05) is 13.6 Å². The van der Waals surface area contributed by atoms with Gasteiger partial charge in [-0.1, -0.05) is 57.2 Å². The maximum atomic E-state index is 9.66. The molecule has 2 atom stereocenters. The van der Waals surface area contributed by atoms with Gasteiger partial charge in [-0.25, -0.2) is 4.98 Å². The molecule has 0 radical (unpaired) electrons. The van der Waals surface area contributed by atoms with Crippen LogP contribution in [0.15, 0.2) is 48.6 Å². The maximum Gasteiger partial charge on any atom is 0.121 e. The highest BCUT2D eigenvalue weighted by Gasteiger charge is 2.27. The van der Waals surface area contributed by atoms with E-state index in [4.69, 9.17) is 15.7 Å². The number of nitrogens with two attached hydrogens (primary N) is 1. The Morgan fingerprint density at radius 2 is 2.02 bits per heavy atom. The number of aryl methyl sites for hydroxylation is 1. The second-order valence-electron chi connectivity index (χ2n) is 12.2. The average Bonchev–Trinajstić information content (AvgIpc) is 3.68. The lowest BCUT2D eigenvalue weighted by Crippen LogP contribution is -2.28. The van der Waals surface area contributed by atoms with Crippen molar-refractivity contribution >= 4 is 22.8 Å². The third kappa shape index (κ3) is 7.25. The standard InChI is InChI=1S/C34H45N7.C2H4/c1-4-24-19-30-33(39-31(24)29-12-8-11-27-25(20-35)13-14-28(27)29)32(41-40-30)26(21-36)22-38-34(2,17-18-37-3)16-15-23-9-6-5-7-10-23;1-2/h8,11-12,19,21-23,25,37H,4-7,9-10,13-18,36H2,1-3H3,(H,40,41);1-2H2/b26-21+,38-22?;. The van der Waals surface area contributed by atoms with E-state index in [9.17, 15) is 5.26 Å². The summed E-state index contributed by atoms with van der Waals surface area (Å²) in [7, 11) is 2.00. The number of benzene rings is 1. The van der Waals surface area contributed by atoms with Crippen LogP contribution in [0.3, 0.4) is 0 Å². The molecule has 2 aromatic heterocycles. The molecular weight excluding hydrogens is 530 g/mol. The van der Waals surface area contributed by atoms with Crippen molar-refractivity contribution in [3.05, 3.63) is 66.0 Å². The summed E-state index contributed by atoms with van der Waals surface area (Å²) in [5, 5.41) is 20.8. The molecule has 5 rings (SSSR count).